The number of rotatable bonds is 1. The van der Waals surface area contributed by atoms with Crippen molar-refractivity contribution in [3.8, 4) is 5.75 Å². The van der Waals surface area contributed by atoms with Crippen LogP contribution in [-0.2, 0) is 9.47 Å². The van der Waals surface area contributed by atoms with Crippen LogP contribution in [0.2, 0.25) is 0 Å². The normalized spacial score (nSPS) is 25.7. The molecule has 1 N–H and O–H groups in total. The summed E-state index contributed by atoms with van der Waals surface area (Å²) in [5.74, 6) is 0.535. The first-order valence-corrected chi connectivity index (χ1v) is 7.55. The summed E-state index contributed by atoms with van der Waals surface area (Å²) in [5.41, 5.74) is 1.57. The molecule has 1 aromatic rings. The molecule has 1 aliphatic heterocycles. The second kappa shape index (κ2) is 5.05. The van der Waals surface area contributed by atoms with Gasteiger partial charge in [0.15, 0.2) is 5.79 Å². The fraction of sp³-hybridized carbons (Fsp3) is 0.647. The van der Waals surface area contributed by atoms with Gasteiger partial charge in [-0.1, -0.05) is 12.1 Å². The lowest BCUT2D eigenvalue weighted by Crippen LogP contribution is -2.47. The molecule has 3 rings (SSSR count). The van der Waals surface area contributed by atoms with Crippen molar-refractivity contribution in [2.45, 2.75) is 51.2 Å². The number of phenols is 1. The fourth-order valence-electron chi connectivity index (χ4n) is 3.34. The fourth-order valence-corrected chi connectivity index (χ4v) is 3.34. The van der Waals surface area contributed by atoms with Crippen LogP contribution >= 0.6 is 0 Å². The summed E-state index contributed by atoms with van der Waals surface area (Å²) in [4.78, 5) is 0. The van der Waals surface area contributed by atoms with Crippen molar-refractivity contribution in [1.82, 2.24) is 0 Å². The van der Waals surface area contributed by atoms with E-state index < -0.39 is 5.79 Å². The number of phenolic OH excluding ortho intramolecular Hbond substituents is 1. The largest absolute Gasteiger partial charge is 0.508 e. The van der Waals surface area contributed by atoms with Crippen LogP contribution < -0.4 is 0 Å². The van der Waals surface area contributed by atoms with Gasteiger partial charge < -0.3 is 14.6 Å². The first-order chi connectivity index (χ1) is 9.48. The second-order valence-corrected chi connectivity index (χ2v) is 6.84. The first kappa shape index (κ1) is 13.9. The standard InChI is InChI=1S/C17H24O3/c1-16(2)19-11-17(12-20-16)9-7-14(8-10-17)13-3-5-15(18)6-4-13/h3-6,14,18H,7-12H2,1-2H3. The zero-order chi connectivity index (χ0) is 14.2. The van der Waals surface area contributed by atoms with Gasteiger partial charge in [-0.15, -0.1) is 0 Å². The minimum absolute atomic E-state index is 0.225. The van der Waals surface area contributed by atoms with Crippen molar-refractivity contribution in [3.63, 3.8) is 0 Å². The molecule has 110 valence electrons. The minimum Gasteiger partial charge on any atom is -0.508 e. The average Bonchev–Trinajstić information content (AvgIpc) is 2.45. The highest BCUT2D eigenvalue weighted by molar-refractivity contribution is 5.28. The van der Waals surface area contributed by atoms with Crippen molar-refractivity contribution in [1.29, 1.82) is 0 Å². The quantitative estimate of drug-likeness (QED) is 0.847. The SMILES string of the molecule is CC1(C)OCC2(CCC(c3ccc(O)cc3)CC2)CO1. The van der Waals surface area contributed by atoms with Crippen LogP contribution in [0.25, 0.3) is 0 Å². The van der Waals surface area contributed by atoms with Gasteiger partial charge in [0.05, 0.1) is 13.2 Å². The van der Waals surface area contributed by atoms with Crippen LogP contribution in [0.5, 0.6) is 5.75 Å². The summed E-state index contributed by atoms with van der Waals surface area (Å²) in [6.45, 7) is 5.62. The van der Waals surface area contributed by atoms with Crippen LogP contribution in [0.3, 0.4) is 0 Å². The van der Waals surface area contributed by atoms with Crippen molar-refractivity contribution in [2.24, 2.45) is 5.41 Å². The van der Waals surface area contributed by atoms with Crippen molar-refractivity contribution in [3.05, 3.63) is 29.8 Å². The van der Waals surface area contributed by atoms with E-state index >= 15 is 0 Å². The van der Waals surface area contributed by atoms with E-state index in [1.54, 1.807) is 12.1 Å². The molecule has 2 aliphatic rings. The van der Waals surface area contributed by atoms with E-state index in [-0.39, 0.29) is 5.41 Å². The van der Waals surface area contributed by atoms with Crippen molar-refractivity contribution >= 4 is 0 Å². The Labute approximate surface area is 120 Å². The molecule has 2 fully saturated rings. The molecule has 0 amide bonds. The summed E-state index contributed by atoms with van der Waals surface area (Å²) < 4.78 is 11.7. The highest BCUT2D eigenvalue weighted by Crippen LogP contribution is 2.46. The molecule has 0 bridgehead atoms. The first-order valence-electron chi connectivity index (χ1n) is 7.55. The maximum atomic E-state index is 9.37. The Morgan fingerprint density at radius 2 is 1.55 bits per heavy atom. The van der Waals surface area contributed by atoms with Gasteiger partial charge in [-0.2, -0.15) is 0 Å². The number of benzene rings is 1. The van der Waals surface area contributed by atoms with Gasteiger partial charge in [-0.05, 0) is 63.1 Å². The molecule has 1 spiro atoms. The Bertz CT molecular complexity index is 444. The highest BCUT2D eigenvalue weighted by Gasteiger charge is 2.42. The molecule has 1 saturated carbocycles. The van der Waals surface area contributed by atoms with Gasteiger partial charge >= 0.3 is 0 Å². The molecule has 1 saturated heterocycles. The zero-order valence-electron chi connectivity index (χ0n) is 12.4. The molecule has 0 unspecified atom stereocenters. The number of ether oxygens (including phenoxy) is 2. The predicted octanol–water partition coefficient (Wildman–Crippen LogP) is 3.82. The van der Waals surface area contributed by atoms with E-state index in [1.165, 1.54) is 18.4 Å². The number of hydrogen-bond donors (Lipinski definition) is 1. The van der Waals surface area contributed by atoms with E-state index in [9.17, 15) is 5.11 Å². The average molecular weight is 276 g/mol. The molecule has 1 aromatic carbocycles. The van der Waals surface area contributed by atoms with Gasteiger partial charge in [-0.3, -0.25) is 0 Å². The third-order valence-corrected chi connectivity index (χ3v) is 4.86. The molecule has 3 heteroatoms. The van der Waals surface area contributed by atoms with Crippen LogP contribution in [0.4, 0.5) is 0 Å². The molecule has 1 aliphatic carbocycles. The minimum atomic E-state index is -0.418. The summed E-state index contributed by atoms with van der Waals surface area (Å²) in [6.07, 6.45) is 4.68. The van der Waals surface area contributed by atoms with Crippen LogP contribution in [0.15, 0.2) is 24.3 Å². The predicted molar refractivity (Wildman–Crippen MR) is 77.7 cm³/mol. The molecule has 0 radical (unpaired) electrons. The summed E-state index contributed by atoms with van der Waals surface area (Å²) in [6, 6.07) is 7.67. The lowest BCUT2D eigenvalue weighted by atomic mass is 9.69. The maximum absolute atomic E-state index is 9.37. The van der Waals surface area contributed by atoms with Crippen LogP contribution in [0.1, 0.15) is 51.0 Å². The summed E-state index contributed by atoms with van der Waals surface area (Å²) >= 11 is 0. The van der Waals surface area contributed by atoms with E-state index in [1.807, 2.05) is 13.8 Å². The number of hydrogen-bond acceptors (Lipinski definition) is 3. The Morgan fingerprint density at radius 3 is 2.10 bits per heavy atom. The van der Waals surface area contributed by atoms with E-state index in [4.69, 9.17) is 9.47 Å². The molecular weight excluding hydrogens is 252 g/mol. The maximum Gasteiger partial charge on any atom is 0.162 e. The summed E-state index contributed by atoms with van der Waals surface area (Å²) in [7, 11) is 0. The Balaban J connectivity index is 1.61. The number of aromatic hydroxyl groups is 1. The van der Waals surface area contributed by atoms with E-state index in [0.29, 0.717) is 11.7 Å². The van der Waals surface area contributed by atoms with Gasteiger partial charge in [0, 0.05) is 5.41 Å². The lowest BCUT2D eigenvalue weighted by Gasteiger charge is -2.47. The smallest absolute Gasteiger partial charge is 0.162 e. The van der Waals surface area contributed by atoms with E-state index in [2.05, 4.69) is 12.1 Å². The van der Waals surface area contributed by atoms with Gasteiger partial charge in [-0.25, -0.2) is 0 Å². The highest BCUT2D eigenvalue weighted by atomic mass is 16.7. The zero-order valence-corrected chi connectivity index (χ0v) is 12.4. The third-order valence-electron chi connectivity index (χ3n) is 4.86. The Hall–Kier alpha value is -1.06. The topological polar surface area (TPSA) is 38.7 Å². The van der Waals surface area contributed by atoms with Gasteiger partial charge in [0.25, 0.3) is 0 Å². The Kier molecular flexibility index (Phi) is 3.51. The Morgan fingerprint density at radius 1 is 1.00 bits per heavy atom. The lowest BCUT2D eigenvalue weighted by molar-refractivity contribution is -0.290. The summed E-state index contributed by atoms with van der Waals surface area (Å²) in [5, 5.41) is 9.37. The molecule has 1 heterocycles. The van der Waals surface area contributed by atoms with Crippen LogP contribution in [-0.4, -0.2) is 24.1 Å². The van der Waals surface area contributed by atoms with Gasteiger partial charge in [0.1, 0.15) is 5.75 Å². The van der Waals surface area contributed by atoms with Gasteiger partial charge in [0.2, 0.25) is 0 Å². The molecule has 20 heavy (non-hydrogen) atoms. The molecule has 0 atom stereocenters. The third kappa shape index (κ3) is 2.84. The monoisotopic (exact) mass is 276 g/mol. The van der Waals surface area contributed by atoms with E-state index in [0.717, 1.165) is 26.1 Å². The molecular formula is C17H24O3. The molecule has 3 nitrogen and oxygen atoms in total. The molecule has 0 aromatic heterocycles. The van der Waals surface area contributed by atoms with Crippen LogP contribution in [0, 0.1) is 5.41 Å². The second-order valence-electron chi connectivity index (χ2n) is 6.84. The van der Waals surface area contributed by atoms with Crippen molar-refractivity contribution in [2.75, 3.05) is 13.2 Å². The van der Waals surface area contributed by atoms with Crippen molar-refractivity contribution < 1.29 is 14.6 Å².